The fraction of sp³-hybridized carbons (Fsp3) is 0.786. The highest BCUT2D eigenvalue weighted by Crippen LogP contribution is 2.36. The maximum atomic E-state index is 6.16. The van der Waals surface area contributed by atoms with Gasteiger partial charge in [0.25, 0.3) is 0 Å². The number of rotatable bonds is 5. The molecule has 18 heavy (non-hydrogen) atoms. The van der Waals surface area contributed by atoms with Gasteiger partial charge >= 0.3 is 0 Å². The highest BCUT2D eigenvalue weighted by atomic mass is 35.5. The third kappa shape index (κ3) is 3.61. The van der Waals surface area contributed by atoms with Crippen LogP contribution in [0.25, 0.3) is 0 Å². The molecular formula is C14H23Cl2NS. The third-order valence-corrected chi connectivity index (χ3v) is 5.49. The standard InChI is InChI=1S/C14H23Cl2NS/c1-10(2)14(8-15,9-16)6-12-17-11(7-18-12)13(3,4)5/h7,10H,6,8-9H2,1-5H3. The van der Waals surface area contributed by atoms with Gasteiger partial charge in [0.2, 0.25) is 0 Å². The van der Waals surface area contributed by atoms with Crippen LogP contribution in [0, 0.1) is 11.3 Å². The summed E-state index contributed by atoms with van der Waals surface area (Å²) in [6.07, 6.45) is 0.873. The zero-order valence-electron chi connectivity index (χ0n) is 11.9. The average Bonchev–Trinajstić information content (AvgIpc) is 2.73. The zero-order chi connectivity index (χ0) is 14.0. The molecule has 1 heterocycles. The van der Waals surface area contributed by atoms with Crippen molar-refractivity contribution in [1.82, 2.24) is 4.98 Å². The van der Waals surface area contributed by atoms with Gasteiger partial charge in [-0.25, -0.2) is 4.98 Å². The molecule has 0 aliphatic carbocycles. The van der Waals surface area contributed by atoms with E-state index in [0.29, 0.717) is 17.7 Å². The van der Waals surface area contributed by atoms with Crippen LogP contribution in [0.3, 0.4) is 0 Å². The molecule has 0 saturated heterocycles. The predicted octanol–water partition coefficient (Wildman–Crippen LogP) is 5.10. The highest BCUT2D eigenvalue weighted by Gasteiger charge is 2.34. The van der Waals surface area contributed by atoms with Gasteiger partial charge in [-0.2, -0.15) is 0 Å². The van der Waals surface area contributed by atoms with Crippen molar-refractivity contribution in [2.45, 2.75) is 46.5 Å². The van der Waals surface area contributed by atoms with E-state index in [2.05, 4.69) is 40.0 Å². The molecule has 0 aromatic carbocycles. The summed E-state index contributed by atoms with van der Waals surface area (Å²) in [5, 5.41) is 3.30. The summed E-state index contributed by atoms with van der Waals surface area (Å²) in [5.41, 5.74) is 1.22. The van der Waals surface area contributed by atoms with E-state index in [-0.39, 0.29) is 10.8 Å². The van der Waals surface area contributed by atoms with Crippen molar-refractivity contribution < 1.29 is 0 Å². The van der Waals surface area contributed by atoms with Crippen molar-refractivity contribution in [3.63, 3.8) is 0 Å². The van der Waals surface area contributed by atoms with Gasteiger partial charge in [-0.3, -0.25) is 0 Å². The first-order valence-electron chi connectivity index (χ1n) is 6.32. The summed E-state index contributed by atoms with van der Waals surface area (Å²) in [6.45, 7) is 10.9. The first-order valence-corrected chi connectivity index (χ1v) is 8.27. The number of thiazole rings is 1. The quantitative estimate of drug-likeness (QED) is 0.689. The van der Waals surface area contributed by atoms with Gasteiger partial charge in [0.15, 0.2) is 0 Å². The second kappa shape index (κ2) is 6.11. The minimum Gasteiger partial charge on any atom is -0.246 e. The van der Waals surface area contributed by atoms with Crippen LogP contribution in [0.2, 0.25) is 0 Å². The van der Waals surface area contributed by atoms with Gasteiger partial charge < -0.3 is 0 Å². The molecule has 0 aliphatic heterocycles. The lowest BCUT2D eigenvalue weighted by molar-refractivity contribution is 0.258. The fourth-order valence-corrected chi connectivity index (χ4v) is 3.95. The summed E-state index contributed by atoms with van der Waals surface area (Å²) in [7, 11) is 0. The lowest BCUT2D eigenvalue weighted by Gasteiger charge is -2.33. The Kier molecular flexibility index (Phi) is 5.52. The monoisotopic (exact) mass is 307 g/mol. The minimum atomic E-state index is -0.0455. The molecule has 1 aromatic rings. The molecule has 0 saturated carbocycles. The lowest BCUT2D eigenvalue weighted by Crippen LogP contribution is -2.34. The third-order valence-electron chi connectivity index (χ3n) is 3.58. The van der Waals surface area contributed by atoms with E-state index in [1.54, 1.807) is 11.3 Å². The molecule has 1 nitrogen and oxygen atoms in total. The molecule has 0 N–H and O–H groups in total. The van der Waals surface area contributed by atoms with E-state index in [1.807, 2.05) is 0 Å². The first-order chi connectivity index (χ1) is 8.25. The average molecular weight is 308 g/mol. The van der Waals surface area contributed by atoms with Crippen molar-refractivity contribution in [2.24, 2.45) is 11.3 Å². The largest absolute Gasteiger partial charge is 0.246 e. The highest BCUT2D eigenvalue weighted by molar-refractivity contribution is 7.09. The van der Waals surface area contributed by atoms with Gasteiger partial charge in [0.1, 0.15) is 0 Å². The van der Waals surface area contributed by atoms with Crippen LogP contribution in [0.5, 0.6) is 0 Å². The molecule has 0 radical (unpaired) electrons. The summed E-state index contributed by atoms with van der Waals surface area (Å²) in [4.78, 5) is 4.75. The van der Waals surface area contributed by atoms with E-state index in [9.17, 15) is 0 Å². The van der Waals surface area contributed by atoms with Crippen LogP contribution in [0.15, 0.2) is 5.38 Å². The number of nitrogens with zero attached hydrogens (tertiary/aromatic N) is 1. The number of aromatic nitrogens is 1. The molecule has 0 amide bonds. The van der Waals surface area contributed by atoms with Crippen LogP contribution in [-0.2, 0) is 11.8 Å². The van der Waals surface area contributed by atoms with Crippen molar-refractivity contribution in [3.05, 3.63) is 16.1 Å². The molecule has 0 bridgehead atoms. The Balaban J connectivity index is 2.92. The van der Waals surface area contributed by atoms with E-state index in [1.165, 1.54) is 0 Å². The summed E-state index contributed by atoms with van der Waals surface area (Å²) in [5.74, 6) is 1.62. The van der Waals surface area contributed by atoms with Crippen molar-refractivity contribution in [2.75, 3.05) is 11.8 Å². The normalized spacial score (nSPS) is 13.3. The Morgan fingerprint density at radius 3 is 2.11 bits per heavy atom. The van der Waals surface area contributed by atoms with Crippen LogP contribution in [0.4, 0.5) is 0 Å². The molecule has 0 fully saturated rings. The van der Waals surface area contributed by atoms with E-state index < -0.39 is 0 Å². The molecule has 1 aromatic heterocycles. The molecule has 4 heteroatoms. The topological polar surface area (TPSA) is 12.9 Å². The van der Waals surface area contributed by atoms with Gasteiger partial charge in [-0.1, -0.05) is 34.6 Å². The number of alkyl halides is 2. The molecule has 0 aliphatic rings. The van der Waals surface area contributed by atoms with Gasteiger partial charge in [-0.15, -0.1) is 34.5 Å². The predicted molar refractivity (Wildman–Crippen MR) is 83.2 cm³/mol. The van der Waals surface area contributed by atoms with Crippen LogP contribution >= 0.6 is 34.5 Å². The maximum absolute atomic E-state index is 6.16. The summed E-state index contributed by atoms with van der Waals surface area (Å²) < 4.78 is 0. The van der Waals surface area contributed by atoms with Crippen LogP contribution < -0.4 is 0 Å². The first kappa shape index (κ1) is 16.3. The summed E-state index contributed by atoms with van der Waals surface area (Å²) in [6, 6.07) is 0. The number of hydrogen-bond acceptors (Lipinski definition) is 2. The Morgan fingerprint density at radius 1 is 1.22 bits per heavy atom. The minimum absolute atomic E-state index is 0.0455. The number of hydrogen-bond donors (Lipinski definition) is 0. The van der Waals surface area contributed by atoms with Crippen molar-refractivity contribution in [3.8, 4) is 0 Å². The van der Waals surface area contributed by atoms with Gasteiger partial charge in [0, 0.05) is 34.4 Å². The lowest BCUT2D eigenvalue weighted by atomic mass is 9.78. The Morgan fingerprint density at radius 2 is 1.78 bits per heavy atom. The van der Waals surface area contributed by atoms with Gasteiger partial charge in [-0.05, 0) is 5.92 Å². The van der Waals surface area contributed by atoms with Crippen molar-refractivity contribution >= 4 is 34.5 Å². The molecule has 0 atom stereocenters. The SMILES string of the molecule is CC(C)C(CCl)(CCl)Cc1nc(C(C)(C)C)cs1. The van der Waals surface area contributed by atoms with Gasteiger partial charge in [0.05, 0.1) is 10.7 Å². The van der Waals surface area contributed by atoms with Crippen molar-refractivity contribution in [1.29, 1.82) is 0 Å². The maximum Gasteiger partial charge on any atom is 0.0935 e. The Hall–Kier alpha value is 0.210. The zero-order valence-corrected chi connectivity index (χ0v) is 14.2. The molecule has 104 valence electrons. The summed E-state index contributed by atoms with van der Waals surface area (Å²) >= 11 is 14.0. The fourth-order valence-electron chi connectivity index (χ4n) is 1.68. The Labute approximate surface area is 125 Å². The Bertz CT molecular complexity index is 375. The second-order valence-electron chi connectivity index (χ2n) is 6.34. The molecular weight excluding hydrogens is 285 g/mol. The van der Waals surface area contributed by atoms with E-state index in [4.69, 9.17) is 28.2 Å². The second-order valence-corrected chi connectivity index (χ2v) is 7.81. The number of halogens is 2. The van der Waals surface area contributed by atoms with E-state index >= 15 is 0 Å². The van der Waals surface area contributed by atoms with Crippen LogP contribution in [-0.4, -0.2) is 16.7 Å². The molecule has 0 unspecified atom stereocenters. The van der Waals surface area contributed by atoms with Crippen LogP contribution in [0.1, 0.15) is 45.3 Å². The molecule has 0 spiro atoms. The van der Waals surface area contributed by atoms with E-state index in [0.717, 1.165) is 17.1 Å². The smallest absolute Gasteiger partial charge is 0.0935 e. The molecule has 1 rings (SSSR count).